The van der Waals surface area contributed by atoms with Crippen LogP contribution in [0.4, 0.5) is 17.1 Å². The minimum absolute atomic E-state index is 0.202. The Labute approximate surface area is 175 Å². The SMILES string of the molecule is CC1=C2C=C(c3cncnc3)C=CN2C[C@@H]2N1c1ccccc1N2c1ccccc1. The molecular weight excluding hydrogens is 370 g/mol. The fraction of sp³-hybridized carbons (Fsp3) is 0.120. The van der Waals surface area contributed by atoms with Crippen LogP contribution in [0.2, 0.25) is 0 Å². The molecule has 5 heteroatoms. The van der Waals surface area contributed by atoms with E-state index in [2.05, 4.69) is 105 Å². The summed E-state index contributed by atoms with van der Waals surface area (Å²) in [5, 5.41) is 0. The lowest BCUT2D eigenvalue weighted by atomic mass is 10.0. The van der Waals surface area contributed by atoms with Crippen LogP contribution >= 0.6 is 0 Å². The monoisotopic (exact) mass is 391 g/mol. The smallest absolute Gasteiger partial charge is 0.129 e. The molecule has 0 spiro atoms. The maximum Gasteiger partial charge on any atom is 0.129 e. The topological polar surface area (TPSA) is 35.5 Å². The summed E-state index contributed by atoms with van der Waals surface area (Å²) in [4.78, 5) is 15.6. The second-order valence-corrected chi connectivity index (χ2v) is 7.71. The molecular formula is C25H21N5. The van der Waals surface area contributed by atoms with Gasteiger partial charge in [0.2, 0.25) is 0 Å². The molecule has 0 radical (unpaired) electrons. The molecule has 0 unspecified atom stereocenters. The van der Waals surface area contributed by atoms with Crippen LogP contribution in [0.15, 0.2) is 103 Å². The molecule has 1 aromatic heterocycles. The van der Waals surface area contributed by atoms with Gasteiger partial charge in [0, 0.05) is 35.5 Å². The van der Waals surface area contributed by atoms with E-state index in [0.717, 1.165) is 17.7 Å². The number of anilines is 3. The van der Waals surface area contributed by atoms with E-state index in [1.807, 2.05) is 12.4 Å². The standard InChI is InChI=1S/C25H21N5/c1-18-24-13-19(20-14-26-17-27-15-20)11-12-28(24)16-25-29(18)22-9-5-6-10-23(22)30(25)21-7-3-2-4-8-21/h2-15,17,25H,16H2,1H3/t25-/m1/s1. The molecule has 0 bridgehead atoms. The normalized spacial score (nSPS) is 19.4. The molecule has 3 aliphatic heterocycles. The molecule has 0 aliphatic carbocycles. The number of allylic oxidation sites excluding steroid dienone is 4. The van der Waals surface area contributed by atoms with Gasteiger partial charge in [0.05, 0.1) is 23.6 Å². The first-order chi connectivity index (χ1) is 14.8. The van der Waals surface area contributed by atoms with Crippen LogP contribution in [0.25, 0.3) is 5.57 Å². The van der Waals surface area contributed by atoms with E-state index in [1.165, 1.54) is 28.5 Å². The van der Waals surface area contributed by atoms with E-state index >= 15 is 0 Å². The largest absolute Gasteiger partial charge is 0.343 e. The van der Waals surface area contributed by atoms with Crippen molar-refractivity contribution in [2.45, 2.75) is 13.1 Å². The molecule has 30 heavy (non-hydrogen) atoms. The van der Waals surface area contributed by atoms with Gasteiger partial charge in [-0.25, -0.2) is 9.97 Å². The number of rotatable bonds is 2. The molecule has 3 aliphatic rings. The molecule has 146 valence electrons. The van der Waals surface area contributed by atoms with Crippen molar-refractivity contribution in [2.24, 2.45) is 0 Å². The maximum absolute atomic E-state index is 4.18. The number of hydrogen-bond acceptors (Lipinski definition) is 5. The minimum atomic E-state index is 0.202. The predicted octanol–water partition coefficient (Wildman–Crippen LogP) is 4.92. The molecule has 4 heterocycles. The van der Waals surface area contributed by atoms with E-state index in [0.29, 0.717) is 0 Å². The van der Waals surface area contributed by atoms with Crippen molar-refractivity contribution in [1.29, 1.82) is 0 Å². The predicted molar refractivity (Wildman–Crippen MR) is 120 cm³/mol. The van der Waals surface area contributed by atoms with E-state index in [-0.39, 0.29) is 6.17 Å². The van der Waals surface area contributed by atoms with Gasteiger partial charge in [-0.05, 0) is 48.9 Å². The van der Waals surface area contributed by atoms with E-state index < -0.39 is 0 Å². The first kappa shape index (κ1) is 17.0. The van der Waals surface area contributed by atoms with Crippen molar-refractivity contribution < 1.29 is 0 Å². The molecule has 0 N–H and O–H groups in total. The van der Waals surface area contributed by atoms with Gasteiger partial charge in [0.15, 0.2) is 0 Å². The van der Waals surface area contributed by atoms with Gasteiger partial charge in [0.25, 0.3) is 0 Å². The number of hydrogen-bond donors (Lipinski definition) is 0. The molecule has 0 saturated carbocycles. The Kier molecular flexibility index (Phi) is 3.74. The first-order valence-electron chi connectivity index (χ1n) is 10.2. The summed E-state index contributed by atoms with van der Waals surface area (Å²) < 4.78 is 0. The maximum atomic E-state index is 4.18. The number of nitrogens with zero attached hydrogens (tertiary/aromatic N) is 5. The van der Waals surface area contributed by atoms with Crippen LogP contribution in [0.3, 0.4) is 0 Å². The van der Waals surface area contributed by atoms with Gasteiger partial charge < -0.3 is 14.7 Å². The molecule has 1 atom stereocenters. The van der Waals surface area contributed by atoms with Gasteiger partial charge >= 0.3 is 0 Å². The second-order valence-electron chi connectivity index (χ2n) is 7.71. The number of benzene rings is 2. The van der Waals surface area contributed by atoms with Crippen molar-refractivity contribution in [3.05, 3.63) is 109 Å². The van der Waals surface area contributed by atoms with Gasteiger partial charge in [-0.2, -0.15) is 0 Å². The zero-order valence-electron chi connectivity index (χ0n) is 16.7. The lowest BCUT2D eigenvalue weighted by Crippen LogP contribution is -2.51. The summed E-state index contributed by atoms with van der Waals surface area (Å²) >= 11 is 0. The highest BCUT2D eigenvalue weighted by Crippen LogP contribution is 2.48. The molecule has 0 saturated heterocycles. The van der Waals surface area contributed by atoms with Crippen molar-refractivity contribution in [1.82, 2.24) is 14.9 Å². The lowest BCUT2D eigenvalue weighted by molar-refractivity contribution is 0.396. The van der Waals surface area contributed by atoms with Crippen molar-refractivity contribution in [3.63, 3.8) is 0 Å². The van der Waals surface area contributed by atoms with Crippen molar-refractivity contribution in [2.75, 3.05) is 16.3 Å². The fourth-order valence-corrected chi connectivity index (χ4v) is 4.70. The molecule has 6 rings (SSSR count). The van der Waals surface area contributed by atoms with Crippen molar-refractivity contribution >= 4 is 22.6 Å². The summed E-state index contributed by atoms with van der Waals surface area (Å²) in [7, 11) is 0. The highest BCUT2D eigenvalue weighted by molar-refractivity contribution is 5.87. The third-order valence-corrected chi connectivity index (χ3v) is 6.05. The third kappa shape index (κ3) is 2.48. The minimum Gasteiger partial charge on any atom is -0.343 e. The van der Waals surface area contributed by atoms with Gasteiger partial charge in [-0.15, -0.1) is 0 Å². The van der Waals surface area contributed by atoms with Gasteiger partial charge in [0.1, 0.15) is 12.5 Å². The van der Waals surface area contributed by atoms with Crippen LogP contribution in [0, 0.1) is 0 Å². The summed E-state index contributed by atoms with van der Waals surface area (Å²) in [6.45, 7) is 3.09. The lowest BCUT2D eigenvalue weighted by Gasteiger charge is -2.43. The van der Waals surface area contributed by atoms with E-state index in [4.69, 9.17) is 0 Å². The Balaban J connectivity index is 1.49. The summed E-state index contributed by atoms with van der Waals surface area (Å²) in [5.74, 6) is 0. The van der Waals surface area contributed by atoms with Gasteiger partial charge in [-0.1, -0.05) is 30.3 Å². The Hall–Kier alpha value is -3.86. The quantitative estimate of drug-likeness (QED) is 0.620. The third-order valence-electron chi connectivity index (χ3n) is 6.05. The summed E-state index contributed by atoms with van der Waals surface area (Å²) in [5.41, 5.74) is 8.35. The Morgan fingerprint density at radius 1 is 0.867 bits per heavy atom. The number of para-hydroxylation sites is 3. The average molecular weight is 391 g/mol. The van der Waals surface area contributed by atoms with Crippen LogP contribution in [0.1, 0.15) is 12.5 Å². The summed E-state index contributed by atoms with van der Waals surface area (Å²) in [6.07, 6.45) is 12.1. The Morgan fingerprint density at radius 2 is 1.57 bits per heavy atom. The second kappa shape index (κ2) is 6.59. The van der Waals surface area contributed by atoms with Crippen LogP contribution in [-0.4, -0.2) is 27.6 Å². The van der Waals surface area contributed by atoms with Crippen LogP contribution in [0.5, 0.6) is 0 Å². The first-order valence-corrected chi connectivity index (χ1v) is 10.2. The molecule has 0 fully saturated rings. The molecule has 0 amide bonds. The van der Waals surface area contributed by atoms with Crippen LogP contribution in [-0.2, 0) is 0 Å². The Morgan fingerprint density at radius 3 is 2.33 bits per heavy atom. The zero-order valence-corrected chi connectivity index (χ0v) is 16.7. The highest BCUT2D eigenvalue weighted by Gasteiger charge is 2.42. The van der Waals surface area contributed by atoms with E-state index in [9.17, 15) is 0 Å². The zero-order chi connectivity index (χ0) is 20.1. The van der Waals surface area contributed by atoms with Gasteiger partial charge in [-0.3, -0.25) is 0 Å². The number of fused-ring (bicyclic) bond motifs is 4. The molecule has 2 aromatic carbocycles. The fourth-order valence-electron chi connectivity index (χ4n) is 4.70. The average Bonchev–Trinajstić information content (AvgIpc) is 3.14. The van der Waals surface area contributed by atoms with Crippen molar-refractivity contribution in [3.8, 4) is 0 Å². The molecule has 3 aromatic rings. The van der Waals surface area contributed by atoms with Crippen LogP contribution < -0.4 is 9.80 Å². The summed E-state index contributed by atoms with van der Waals surface area (Å²) in [6, 6.07) is 19.3. The Bertz CT molecular complexity index is 1200. The highest BCUT2D eigenvalue weighted by atomic mass is 15.5. The van der Waals surface area contributed by atoms with E-state index in [1.54, 1.807) is 6.33 Å². The molecule has 5 nitrogen and oxygen atoms in total. The number of aromatic nitrogens is 2.